The Balaban J connectivity index is 1.68. The van der Waals surface area contributed by atoms with Crippen molar-refractivity contribution in [3.63, 3.8) is 0 Å². The van der Waals surface area contributed by atoms with Crippen LogP contribution in [0.1, 0.15) is 82.0 Å². The van der Waals surface area contributed by atoms with E-state index in [-0.39, 0.29) is 24.1 Å². The Morgan fingerprint density at radius 1 is 1.14 bits per heavy atom. The van der Waals surface area contributed by atoms with Gasteiger partial charge in [-0.3, -0.25) is 9.48 Å². The van der Waals surface area contributed by atoms with Crippen LogP contribution in [0.4, 0.5) is 0 Å². The maximum atomic E-state index is 13.0. The largest absolute Gasteiger partial charge is 0.353 e. The molecule has 3 rings (SSSR count). The van der Waals surface area contributed by atoms with Gasteiger partial charge in [-0.15, -0.1) is 0 Å². The third-order valence-electron chi connectivity index (χ3n) is 7.14. The first-order valence-corrected chi connectivity index (χ1v) is 15.4. The quantitative estimate of drug-likeness (QED) is 0.365. The van der Waals surface area contributed by atoms with Gasteiger partial charge in [-0.1, -0.05) is 63.4 Å². The van der Waals surface area contributed by atoms with Crippen LogP contribution in [0.25, 0.3) is 0 Å². The number of amides is 1. The summed E-state index contributed by atoms with van der Waals surface area (Å²) < 4.78 is 30.5. The fourth-order valence-electron chi connectivity index (χ4n) is 4.90. The minimum absolute atomic E-state index is 0.0504. The molecule has 2 N–H and O–H groups in total. The van der Waals surface area contributed by atoms with E-state index in [1.165, 1.54) is 6.42 Å². The lowest BCUT2D eigenvalue weighted by molar-refractivity contribution is -0.121. The van der Waals surface area contributed by atoms with Gasteiger partial charge in [0.1, 0.15) is 5.82 Å². The molecule has 206 valence electrons. The molecule has 1 aromatic carbocycles. The van der Waals surface area contributed by atoms with Gasteiger partial charge >= 0.3 is 0 Å². The van der Waals surface area contributed by atoms with Crippen LogP contribution in [0, 0.1) is 0 Å². The summed E-state index contributed by atoms with van der Waals surface area (Å²) in [7, 11) is -1.78. The van der Waals surface area contributed by atoms with E-state index < -0.39 is 16.1 Å². The summed E-state index contributed by atoms with van der Waals surface area (Å²) in [4.78, 5) is 19.5. The van der Waals surface area contributed by atoms with Crippen molar-refractivity contribution in [1.82, 2.24) is 29.7 Å². The van der Waals surface area contributed by atoms with Crippen LogP contribution in [0.15, 0.2) is 30.3 Å². The summed E-state index contributed by atoms with van der Waals surface area (Å²) in [6, 6.07) is 9.64. The van der Waals surface area contributed by atoms with Crippen LogP contribution in [0.2, 0.25) is 0 Å². The van der Waals surface area contributed by atoms with E-state index in [2.05, 4.69) is 38.9 Å². The lowest BCUT2D eigenvalue weighted by Crippen LogP contribution is -2.37. The Bertz CT molecular complexity index is 1060. The van der Waals surface area contributed by atoms with Gasteiger partial charge in [-0.25, -0.2) is 18.1 Å². The maximum Gasteiger partial charge on any atom is 0.227 e. The average Bonchev–Trinajstić information content (AvgIpc) is 3.25. The van der Waals surface area contributed by atoms with E-state index in [0.29, 0.717) is 30.9 Å². The van der Waals surface area contributed by atoms with Crippen LogP contribution in [0.5, 0.6) is 0 Å². The van der Waals surface area contributed by atoms with Crippen molar-refractivity contribution in [2.75, 3.05) is 25.4 Å². The van der Waals surface area contributed by atoms with Crippen molar-refractivity contribution in [3.8, 4) is 0 Å². The number of sulfonamides is 1. The summed E-state index contributed by atoms with van der Waals surface area (Å²) in [5.74, 6) is 0.932. The molecular weight excluding hydrogens is 488 g/mol. The van der Waals surface area contributed by atoms with Crippen LogP contribution < -0.4 is 10.0 Å². The second-order valence-electron chi connectivity index (χ2n) is 9.98. The first-order valence-electron chi connectivity index (χ1n) is 13.7. The van der Waals surface area contributed by atoms with E-state index in [9.17, 15) is 13.2 Å². The molecule has 1 fully saturated rings. The fraction of sp³-hybridized carbons (Fsp3) is 0.667. The zero-order valence-electron chi connectivity index (χ0n) is 22.7. The molecule has 0 unspecified atom stereocenters. The monoisotopic (exact) mass is 532 g/mol. The number of carbonyl (C=O) groups excluding carboxylic acids is 1. The number of benzene rings is 1. The van der Waals surface area contributed by atoms with E-state index in [1.807, 2.05) is 30.3 Å². The Kier molecular flexibility index (Phi) is 11.5. The summed E-state index contributed by atoms with van der Waals surface area (Å²) >= 11 is 0. The van der Waals surface area contributed by atoms with Crippen molar-refractivity contribution in [2.45, 2.75) is 83.7 Å². The molecule has 1 aliphatic rings. The molecule has 1 heterocycles. The van der Waals surface area contributed by atoms with Crippen molar-refractivity contribution in [2.24, 2.45) is 7.05 Å². The first-order chi connectivity index (χ1) is 17.8. The lowest BCUT2D eigenvalue weighted by Gasteiger charge is -2.22. The maximum absolute atomic E-state index is 13.0. The van der Waals surface area contributed by atoms with Crippen molar-refractivity contribution in [1.29, 1.82) is 0 Å². The van der Waals surface area contributed by atoms with Crippen molar-refractivity contribution in [3.05, 3.63) is 47.5 Å². The number of nitrogens with zero attached hydrogens (tertiary/aromatic N) is 4. The molecule has 2 aromatic rings. The van der Waals surface area contributed by atoms with Crippen LogP contribution in [-0.2, 0) is 34.7 Å². The number of rotatable bonds is 15. The van der Waals surface area contributed by atoms with Gasteiger partial charge < -0.3 is 10.2 Å². The third-order valence-corrected chi connectivity index (χ3v) is 8.61. The predicted molar refractivity (Wildman–Crippen MR) is 147 cm³/mol. The van der Waals surface area contributed by atoms with Gasteiger partial charge in [0.05, 0.1) is 18.2 Å². The normalized spacial score (nSPS) is 15.7. The second kappa shape index (κ2) is 14.6. The molecule has 0 radical (unpaired) electrons. The average molecular weight is 533 g/mol. The highest BCUT2D eigenvalue weighted by atomic mass is 32.2. The summed E-state index contributed by atoms with van der Waals surface area (Å²) in [6.07, 6.45) is 7.47. The molecule has 37 heavy (non-hydrogen) atoms. The minimum Gasteiger partial charge on any atom is -0.353 e. The van der Waals surface area contributed by atoms with Crippen molar-refractivity contribution >= 4 is 15.9 Å². The highest BCUT2D eigenvalue weighted by molar-refractivity contribution is 7.89. The van der Waals surface area contributed by atoms with Gasteiger partial charge in [-0.05, 0) is 57.3 Å². The smallest absolute Gasteiger partial charge is 0.227 e. The molecule has 10 heteroatoms. The Morgan fingerprint density at radius 3 is 2.51 bits per heavy atom. The molecular formula is C27H44N6O3S. The van der Waals surface area contributed by atoms with Gasteiger partial charge in [0.2, 0.25) is 15.9 Å². The van der Waals surface area contributed by atoms with Crippen LogP contribution in [-0.4, -0.2) is 65.4 Å². The summed E-state index contributed by atoms with van der Waals surface area (Å²) in [5.41, 5.74) is 1.12. The molecule has 9 nitrogen and oxygen atoms in total. The highest BCUT2D eigenvalue weighted by Gasteiger charge is 2.25. The molecule has 1 atom stereocenters. The summed E-state index contributed by atoms with van der Waals surface area (Å²) in [5, 5.41) is 7.66. The number of hydrogen-bond acceptors (Lipinski definition) is 6. The second-order valence-corrected chi connectivity index (χ2v) is 11.9. The SMILES string of the molecule is CCN(CC)CCCS(=O)(=O)N[C@H](CCc1ccccc1)c1nc(CC(=O)NC2CCCCC2)n(C)n1. The molecule has 0 bridgehead atoms. The predicted octanol–water partition coefficient (Wildman–Crippen LogP) is 3.13. The molecule has 1 amide bonds. The van der Waals surface area contributed by atoms with E-state index in [4.69, 9.17) is 0 Å². The molecule has 1 aliphatic carbocycles. The number of hydrogen-bond donors (Lipinski definition) is 2. The zero-order valence-corrected chi connectivity index (χ0v) is 23.5. The lowest BCUT2D eigenvalue weighted by atomic mass is 9.95. The number of nitrogens with one attached hydrogen (secondary N) is 2. The van der Waals surface area contributed by atoms with Gasteiger partial charge in [0.15, 0.2) is 5.82 Å². The highest BCUT2D eigenvalue weighted by Crippen LogP contribution is 2.20. The van der Waals surface area contributed by atoms with E-state index >= 15 is 0 Å². The topological polar surface area (TPSA) is 109 Å². The summed E-state index contributed by atoms with van der Waals surface area (Å²) in [6.45, 7) is 6.70. The standard InChI is InChI=1S/C27H44N6O3S/c1-4-33(5-2)19-12-20-37(35,36)31-24(18-17-22-13-8-6-9-14-22)27-29-25(32(3)30-27)21-26(34)28-23-15-10-7-11-16-23/h6,8-9,13-14,23-24,31H,4-5,7,10-12,15-21H2,1-3H3,(H,28,34)/t24-/m1/s1. The van der Waals surface area contributed by atoms with Gasteiger partial charge in [-0.2, -0.15) is 5.10 Å². The number of aromatic nitrogens is 3. The van der Waals surface area contributed by atoms with Gasteiger partial charge in [0, 0.05) is 13.1 Å². The zero-order chi connectivity index (χ0) is 26.7. The molecule has 1 aromatic heterocycles. The third kappa shape index (κ3) is 9.83. The van der Waals surface area contributed by atoms with Gasteiger partial charge in [0.25, 0.3) is 0 Å². The molecule has 0 aliphatic heterocycles. The first kappa shape index (κ1) is 29.3. The minimum atomic E-state index is -3.54. The Hall–Kier alpha value is -2.30. The van der Waals surface area contributed by atoms with E-state index in [1.54, 1.807) is 11.7 Å². The van der Waals surface area contributed by atoms with Crippen LogP contribution >= 0.6 is 0 Å². The van der Waals surface area contributed by atoms with E-state index in [0.717, 1.165) is 50.9 Å². The van der Waals surface area contributed by atoms with Crippen molar-refractivity contribution < 1.29 is 13.2 Å². The number of aryl methyl sites for hydroxylation is 2. The number of carbonyl (C=O) groups is 1. The molecule has 0 saturated heterocycles. The Labute approximate surface area is 222 Å². The van der Waals surface area contributed by atoms with Crippen LogP contribution in [0.3, 0.4) is 0 Å². The molecule has 1 saturated carbocycles. The molecule has 0 spiro atoms. The fourth-order valence-corrected chi connectivity index (χ4v) is 6.18. The Morgan fingerprint density at radius 2 is 1.84 bits per heavy atom.